The molecule has 0 unspecified atom stereocenters. The van der Waals surface area contributed by atoms with Gasteiger partial charge in [-0.05, 0) is 13.0 Å². The van der Waals surface area contributed by atoms with Gasteiger partial charge in [0.2, 0.25) is 0 Å². The molecule has 0 radical (unpaired) electrons. The normalized spacial score (nSPS) is 20.8. The summed E-state index contributed by atoms with van der Waals surface area (Å²) in [5.41, 5.74) is 2.54. The van der Waals surface area contributed by atoms with Gasteiger partial charge in [0.05, 0.1) is 18.9 Å². The van der Waals surface area contributed by atoms with Gasteiger partial charge in [-0.1, -0.05) is 0 Å². The van der Waals surface area contributed by atoms with Crippen molar-refractivity contribution in [1.82, 2.24) is 14.8 Å². The predicted molar refractivity (Wildman–Crippen MR) is 80.4 cm³/mol. The maximum atomic E-state index is 5.42. The van der Waals surface area contributed by atoms with Crippen molar-refractivity contribution in [2.45, 2.75) is 13.0 Å². The average Bonchev–Trinajstić information content (AvgIpc) is 2.38. The summed E-state index contributed by atoms with van der Waals surface area (Å²) in [7, 11) is 2.15. The van der Waals surface area contributed by atoms with Crippen molar-refractivity contribution in [3.63, 3.8) is 0 Å². The second-order valence-corrected chi connectivity index (χ2v) is 5.79. The molecule has 3 heterocycles. The molecule has 18 heavy (non-hydrogen) atoms. The summed E-state index contributed by atoms with van der Waals surface area (Å²) >= 11 is 2.22. The van der Waals surface area contributed by atoms with Crippen LogP contribution in [0.25, 0.3) is 0 Å². The van der Waals surface area contributed by atoms with Crippen molar-refractivity contribution in [2.24, 2.45) is 0 Å². The van der Waals surface area contributed by atoms with Gasteiger partial charge < -0.3 is 14.4 Å². The van der Waals surface area contributed by atoms with Crippen molar-refractivity contribution >= 4 is 36.4 Å². The first-order chi connectivity index (χ1) is 8.74. The highest BCUT2D eigenvalue weighted by atomic mass is 127. The Balaban J connectivity index is 1.97. The van der Waals surface area contributed by atoms with E-state index in [9.17, 15) is 0 Å². The van der Waals surface area contributed by atoms with Gasteiger partial charge in [0, 0.05) is 47.8 Å². The zero-order valence-electron chi connectivity index (χ0n) is 10.5. The van der Waals surface area contributed by atoms with Crippen LogP contribution in [-0.2, 0) is 17.7 Å². The first-order valence-corrected chi connectivity index (χ1v) is 7.38. The summed E-state index contributed by atoms with van der Waals surface area (Å²) < 4.78 is 6.27. The summed E-state index contributed by atoms with van der Waals surface area (Å²) in [6.07, 6.45) is 1.05. The highest BCUT2D eigenvalue weighted by Crippen LogP contribution is 2.26. The van der Waals surface area contributed by atoms with Crippen LogP contribution in [0.3, 0.4) is 0 Å². The van der Waals surface area contributed by atoms with Crippen LogP contribution in [0.5, 0.6) is 0 Å². The van der Waals surface area contributed by atoms with Gasteiger partial charge in [0.15, 0.2) is 11.8 Å². The monoisotopic (exact) mass is 358 g/mol. The Morgan fingerprint density at radius 2 is 1.94 bits per heavy atom. The lowest BCUT2D eigenvalue weighted by Crippen LogP contribution is -2.39. The molecule has 0 N–H and O–H groups in total. The molecule has 0 aromatic carbocycles. The number of morpholine rings is 1. The van der Waals surface area contributed by atoms with E-state index < -0.39 is 0 Å². The Kier molecular flexibility index (Phi) is 3.72. The Labute approximate surface area is 121 Å². The third kappa shape index (κ3) is 2.48. The number of rotatable bonds is 1. The molecule has 0 amide bonds. The molecule has 0 bridgehead atoms. The van der Waals surface area contributed by atoms with Gasteiger partial charge in [0.25, 0.3) is 0 Å². The summed E-state index contributed by atoms with van der Waals surface area (Å²) in [5, 5.41) is 0. The number of fused-ring (bicyclic) bond motifs is 1. The summed E-state index contributed by atoms with van der Waals surface area (Å²) in [6, 6.07) is 0. The highest BCUT2D eigenvalue weighted by Gasteiger charge is 2.23. The van der Waals surface area contributed by atoms with Gasteiger partial charge in [0.1, 0.15) is 5.82 Å². The Morgan fingerprint density at radius 3 is 2.72 bits per heavy atom. The largest absolute Gasteiger partial charge is 0.378 e. The van der Waals surface area contributed by atoms with E-state index >= 15 is 0 Å². The minimum absolute atomic E-state index is 0.801. The van der Waals surface area contributed by atoms with Crippen molar-refractivity contribution in [3.8, 4) is 0 Å². The predicted octanol–water partition coefficient (Wildman–Crippen LogP) is -0.176. The fourth-order valence-electron chi connectivity index (χ4n) is 2.55. The molecular weight excluding hydrogens is 342 g/mol. The zero-order chi connectivity index (χ0) is 12.5. The van der Waals surface area contributed by atoms with E-state index in [0.717, 1.165) is 55.5 Å². The smallest absolute Gasteiger partial charge is 0.192 e. The maximum Gasteiger partial charge on any atom is 0.192 e. The van der Waals surface area contributed by atoms with Gasteiger partial charge in [-0.2, -0.15) is 0 Å². The first kappa shape index (κ1) is 12.6. The lowest BCUT2D eigenvalue weighted by atomic mass is 10.0. The molecule has 1 saturated heterocycles. The van der Waals surface area contributed by atoms with Gasteiger partial charge in [-0.3, -0.25) is 0 Å². The van der Waals surface area contributed by atoms with E-state index in [1.165, 1.54) is 11.3 Å². The van der Waals surface area contributed by atoms with Crippen LogP contribution in [0.1, 0.15) is 11.3 Å². The SMILES string of the molecule is BN1CCc2c(nc(I)nc2N2CCOCC2)C1. The maximum absolute atomic E-state index is 5.42. The number of ether oxygens (including phenoxy) is 1. The Hall–Kier alpha value is -0.405. The molecule has 0 spiro atoms. The van der Waals surface area contributed by atoms with Crippen LogP contribution in [0.15, 0.2) is 0 Å². The first-order valence-electron chi connectivity index (χ1n) is 6.30. The van der Waals surface area contributed by atoms with E-state index in [1.807, 2.05) is 0 Å². The quantitative estimate of drug-likeness (QED) is 0.396. The Morgan fingerprint density at radius 1 is 1.17 bits per heavy atom. The highest BCUT2D eigenvalue weighted by molar-refractivity contribution is 14.1. The molecule has 2 aliphatic heterocycles. The molecule has 5 nitrogen and oxygen atoms in total. The number of halogens is 1. The molecular formula is C11H16BIN4O. The minimum atomic E-state index is 0.801. The lowest BCUT2D eigenvalue weighted by molar-refractivity contribution is 0.122. The minimum Gasteiger partial charge on any atom is -0.378 e. The van der Waals surface area contributed by atoms with Gasteiger partial charge in [-0.25, -0.2) is 9.97 Å². The number of anilines is 1. The van der Waals surface area contributed by atoms with Crippen molar-refractivity contribution in [2.75, 3.05) is 37.7 Å². The van der Waals surface area contributed by atoms with Crippen LogP contribution >= 0.6 is 22.6 Å². The second kappa shape index (κ2) is 5.30. The van der Waals surface area contributed by atoms with Crippen molar-refractivity contribution in [1.29, 1.82) is 0 Å². The van der Waals surface area contributed by atoms with Gasteiger partial charge >= 0.3 is 0 Å². The van der Waals surface area contributed by atoms with E-state index in [1.54, 1.807) is 0 Å². The fourth-order valence-corrected chi connectivity index (χ4v) is 3.07. The van der Waals surface area contributed by atoms with Crippen LogP contribution in [0.4, 0.5) is 5.82 Å². The molecule has 1 aromatic rings. The Bertz CT molecular complexity index is 453. The van der Waals surface area contributed by atoms with Crippen LogP contribution in [0.2, 0.25) is 0 Å². The van der Waals surface area contributed by atoms with E-state index in [-0.39, 0.29) is 0 Å². The topological polar surface area (TPSA) is 41.5 Å². The standard InChI is InChI=1S/C11H16BIN4O/c12-17-2-1-8-9(7-17)14-11(13)15-10(8)16-3-5-18-6-4-16/h1-7,12H2. The fraction of sp³-hybridized carbons (Fsp3) is 0.636. The van der Waals surface area contributed by atoms with Crippen molar-refractivity contribution in [3.05, 3.63) is 15.1 Å². The third-order valence-electron chi connectivity index (χ3n) is 3.52. The van der Waals surface area contributed by atoms with E-state index in [4.69, 9.17) is 4.74 Å². The average molecular weight is 358 g/mol. The van der Waals surface area contributed by atoms with Crippen LogP contribution < -0.4 is 4.90 Å². The van der Waals surface area contributed by atoms with E-state index in [2.05, 4.69) is 50.3 Å². The van der Waals surface area contributed by atoms with Gasteiger partial charge in [-0.15, -0.1) is 0 Å². The second-order valence-electron chi connectivity index (χ2n) is 4.83. The molecule has 96 valence electrons. The summed E-state index contributed by atoms with van der Waals surface area (Å²) in [4.78, 5) is 13.9. The zero-order valence-corrected chi connectivity index (χ0v) is 12.7. The third-order valence-corrected chi connectivity index (χ3v) is 4.00. The van der Waals surface area contributed by atoms with Crippen molar-refractivity contribution < 1.29 is 4.74 Å². The summed E-state index contributed by atoms with van der Waals surface area (Å²) in [5.74, 6) is 1.14. The number of hydrogen-bond donors (Lipinski definition) is 0. The van der Waals surface area contributed by atoms with E-state index in [0.29, 0.717) is 0 Å². The molecule has 0 atom stereocenters. The molecule has 2 aliphatic rings. The van der Waals surface area contributed by atoms with Crippen LogP contribution in [0, 0.1) is 3.83 Å². The number of nitrogens with zero attached hydrogens (tertiary/aromatic N) is 4. The molecule has 1 fully saturated rings. The molecule has 7 heteroatoms. The number of hydrogen-bond acceptors (Lipinski definition) is 5. The molecule has 3 rings (SSSR count). The van der Waals surface area contributed by atoms with Crippen LogP contribution in [-0.4, -0.2) is 55.6 Å². The molecule has 0 aliphatic carbocycles. The number of aromatic nitrogens is 2. The lowest BCUT2D eigenvalue weighted by Gasteiger charge is -2.33. The molecule has 1 aromatic heterocycles. The molecule has 0 saturated carbocycles. The summed E-state index contributed by atoms with van der Waals surface area (Å²) in [6.45, 7) is 5.51.